The van der Waals surface area contributed by atoms with E-state index in [1.165, 1.54) is 0 Å². The van der Waals surface area contributed by atoms with Crippen LogP contribution in [0.3, 0.4) is 0 Å². The van der Waals surface area contributed by atoms with Crippen molar-refractivity contribution in [1.82, 2.24) is 9.80 Å². The molecule has 2 amide bonds. The van der Waals surface area contributed by atoms with Gasteiger partial charge >= 0.3 is 0 Å². The van der Waals surface area contributed by atoms with E-state index < -0.39 is 5.72 Å². The third-order valence-electron chi connectivity index (χ3n) is 6.23. The highest BCUT2D eigenvalue weighted by atomic mass is 32.1. The van der Waals surface area contributed by atoms with Crippen molar-refractivity contribution < 1.29 is 14.3 Å². The van der Waals surface area contributed by atoms with E-state index in [2.05, 4.69) is 13.8 Å². The van der Waals surface area contributed by atoms with Gasteiger partial charge in [-0.1, -0.05) is 32.0 Å². The lowest BCUT2D eigenvalue weighted by atomic mass is 10.0. The van der Waals surface area contributed by atoms with Gasteiger partial charge in [0.1, 0.15) is 0 Å². The van der Waals surface area contributed by atoms with Crippen LogP contribution in [0.4, 0.5) is 0 Å². The Labute approximate surface area is 156 Å². The quantitative estimate of drug-likeness (QED) is 0.816. The summed E-state index contributed by atoms with van der Waals surface area (Å²) in [7, 11) is 0. The van der Waals surface area contributed by atoms with Crippen molar-refractivity contribution >= 4 is 33.2 Å². The van der Waals surface area contributed by atoms with Gasteiger partial charge in [-0.25, -0.2) is 0 Å². The maximum atomic E-state index is 13.3. The van der Waals surface area contributed by atoms with Crippen LogP contribution in [0.5, 0.6) is 0 Å². The van der Waals surface area contributed by atoms with Crippen LogP contribution < -0.4 is 0 Å². The van der Waals surface area contributed by atoms with Crippen molar-refractivity contribution in [3.63, 3.8) is 0 Å². The molecular formula is C20H22N2O3S. The first-order valence-electron chi connectivity index (χ1n) is 9.26. The fourth-order valence-corrected chi connectivity index (χ4v) is 5.85. The molecule has 1 spiro atoms. The number of hydrogen-bond acceptors (Lipinski definition) is 4. The van der Waals surface area contributed by atoms with Crippen LogP contribution in [-0.2, 0) is 9.53 Å². The molecule has 0 unspecified atom stereocenters. The molecule has 0 radical (unpaired) electrons. The topological polar surface area (TPSA) is 49.9 Å². The van der Waals surface area contributed by atoms with E-state index in [9.17, 15) is 9.59 Å². The Bertz CT molecular complexity index is 907. The van der Waals surface area contributed by atoms with Gasteiger partial charge in [0.25, 0.3) is 5.91 Å². The Morgan fingerprint density at radius 2 is 2.15 bits per heavy atom. The molecule has 136 valence electrons. The Kier molecular flexibility index (Phi) is 3.46. The SMILES string of the molecule is CC(C)[C@@H]1CO[C@@]23CCN(C(=O)c4csc5ccccc45)[C@@H]2CC(=O)N13. The second kappa shape index (κ2) is 5.54. The third-order valence-corrected chi connectivity index (χ3v) is 7.19. The average Bonchev–Trinajstić information content (AvgIpc) is 3.34. The molecule has 3 fully saturated rings. The summed E-state index contributed by atoms with van der Waals surface area (Å²) in [6.45, 7) is 5.47. The molecule has 3 aliphatic heterocycles. The first kappa shape index (κ1) is 16.3. The van der Waals surface area contributed by atoms with Gasteiger partial charge in [-0.2, -0.15) is 0 Å². The molecule has 3 atom stereocenters. The van der Waals surface area contributed by atoms with Gasteiger partial charge in [-0.3, -0.25) is 9.59 Å². The van der Waals surface area contributed by atoms with E-state index in [0.29, 0.717) is 31.9 Å². The number of thiophene rings is 1. The fraction of sp³-hybridized carbons (Fsp3) is 0.500. The molecule has 2 aromatic rings. The average molecular weight is 370 g/mol. The van der Waals surface area contributed by atoms with Crippen molar-refractivity contribution in [2.24, 2.45) is 5.92 Å². The molecule has 1 aromatic heterocycles. The van der Waals surface area contributed by atoms with E-state index in [0.717, 1.165) is 15.6 Å². The second-order valence-corrected chi connectivity index (χ2v) is 8.76. The largest absolute Gasteiger partial charge is 0.351 e. The molecular weight excluding hydrogens is 348 g/mol. The van der Waals surface area contributed by atoms with Gasteiger partial charge < -0.3 is 14.5 Å². The minimum Gasteiger partial charge on any atom is -0.351 e. The monoisotopic (exact) mass is 370 g/mol. The Hall–Kier alpha value is -1.92. The van der Waals surface area contributed by atoms with Crippen LogP contribution in [0.15, 0.2) is 29.6 Å². The number of benzene rings is 1. The first-order valence-corrected chi connectivity index (χ1v) is 10.1. The maximum Gasteiger partial charge on any atom is 0.255 e. The molecule has 26 heavy (non-hydrogen) atoms. The summed E-state index contributed by atoms with van der Waals surface area (Å²) in [6, 6.07) is 7.93. The number of amides is 2. The summed E-state index contributed by atoms with van der Waals surface area (Å²) in [5.74, 6) is 0.497. The van der Waals surface area contributed by atoms with Gasteiger partial charge in [0.15, 0.2) is 5.72 Å². The Morgan fingerprint density at radius 3 is 2.96 bits per heavy atom. The molecule has 3 aliphatic rings. The standard InChI is InChI=1S/C20H22N2O3S/c1-12(2)15-10-25-20-7-8-21(17(20)9-18(23)22(15)20)19(24)14-11-26-16-6-4-3-5-13(14)16/h3-6,11-12,15,17H,7-10H2,1-2H3/t15-,17+,20-/m0/s1. The lowest BCUT2D eigenvalue weighted by molar-refractivity contribution is -0.139. The van der Waals surface area contributed by atoms with Crippen molar-refractivity contribution in [3.05, 3.63) is 35.2 Å². The summed E-state index contributed by atoms with van der Waals surface area (Å²) in [4.78, 5) is 29.9. The van der Waals surface area contributed by atoms with E-state index in [1.807, 2.05) is 39.4 Å². The number of nitrogens with zero attached hydrogens (tertiary/aromatic N) is 2. The zero-order chi connectivity index (χ0) is 18.1. The number of hydrogen-bond donors (Lipinski definition) is 0. The minimum absolute atomic E-state index is 0.0237. The third kappa shape index (κ3) is 2.00. The highest BCUT2D eigenvalue weighted by Crippen LogP contribution is 2.49. The van der Waals surface area contributed by atoms with Gasteiger partial charge in [-0.15, -0.1) is 11.3 Å². The summed E-state index contributed by atoms with van der Waals surface area (Å²) >= 11 is 1.59. The first-order chi connectivity index (χ1) is 12.5. The summed E-state index contributed by atoms with van der Waals surface area (Å²) in [5, 5.41) is 2.94. The zero-order valence-corrected chi connectivity index (χ0v) is 15.8. The molecule has 0 aliphatic carbocycles. The molecule has 0 saturated carbocycles. The predicted octanol–water partition coefficient (Wildman–Crippen LogP) is 3.10. The van der Waals surface area contributed by atoms with Crippen molar-refractivity contribution in [3.8, 4) is 0 Å². The lowest BCUT2D eigenvalue weighted by Crippen LogP contribution is -2.51. The molecule has 0 bridgehead atoms. The molecule has 3 saturated heterocycles. The molecule has 5 rings (SSSR count). The predicted molar refractivity (Wildman–Crippen MR) is 100 cm³/mol. The minimum atomic E-state index is -0.604. The Balaban J connectivity index is 1.50. The number of fused-ring (bicyclic) bond motifs is 1. The molecule has 4 heterocycles. The van der Waals surface area contributed by atoms with Crippen LogP contribution in [0.2, 0.25) is 0 Å². The number of ether oxygens (including phenoxy) is 1. The highest BCUT2D eigenvalue weighted by Gasteiger charge is 2.65. The van der Waals surface area contributed by atoms with E-state index in [-0.39, 0.29) is 23.9 Å². The van der Waals surface area contributed by atoms with Crippen molar-refractivity contribution in [1.29, 1.82) is 0 Å². The van der Waals surface area contributed by atoms with Crippen LogP contribution in [0.1, 0.15) is 37.0 Å². The number of rotatable bonds is 2. The smallest absolute Gasteiger partial charge is 0.255 e. The maximum absolute atomic E-state index is 13.3. The molecule has 5 nitrogen and oxygen atoms in total. The van der Waals surface area contributed by atoms with E-state index in [1.54, 1.807) is 11.3 Å². The summed E-state index contributed by atoms with van der Waals surface area (Å²) in [6.07, 6.45) is 1.08. The molecule has 6 heteroatoms. The normalized spacial score (nSPS) is 30.5. The van der Waals surface area contributed by atoms with Crippen LogP contribution >= 0.6 is 11.3 Å². The zero-order valence-electron chi connectivity index (χ0n) is 15.0. The highest BCUT2D eigenvalue weighted by molar-refractivity contribution is 7.17. The fourth-order valence-electron chi connectivity index (χ4n) is 4.91. The van der Waals surface area contributed by atoms with E-state index >= 15 is 0 Å². The van der Waals surface area contributed by atoms with Gasteiger partial charge in [-0.05, 0) is 12.0 Å². The number of carbonyl (C=O) groups excluding carboxylic acids is 2. The molecule has 1 aromatic carbocycles. The van der Waals surface area contributed by atoms with Crippen LogP contribution in [0.25, 0.3) is 10.1 Å². The van der Waals surface area contributed by atoms with Gasteiger partial charge in [0.05, 0.1) is 30.7 Å². The van der Waals surface area contributed by atoms with Crippen molar-refractivity contribution in [2.75, 3.05) is 13.2 Å². The van der Waals surface area contributed by atoms with Gasteiger partial charge in [0.2, 0.25) is 5.91 Å². The molecule has 0 N–H and O–H groups in total. The van der Waals surface area contributed by atoms with Crippen LogP contribution in [0, 0.1) is 5.92 Å². The number of carbonyl (C=O) groups is 2. The summed E-state index contributed by atoms with van der Waals surface area (Å²) in [5.41, 5.74) is 0.139. The number of likely N-dealkylation sites (tertiary alicyclic amines) is 1. The van der Waals surface area contributed by atoms with E-state index in [4.69, 9.17) is 4.74 Å². The lowest BCUT2D eigenvalue weighted by Gasteiger charge is -2.34. The Morgan fingerprint density at radius 1 is 1.35 bits per heavy atom. The van der Waals surface area contributed by atoms with Gasteiger partial charge in [0, 0.05) is 28.4 Å². The summed E-state index contributed by atoms with van der Waals surface area (Å²) < 4.78 is 7.35. The van der Waals surface area contributed by atoms with Crippen molar-refractivity contribution in [2.45, 2.75) is 44.5 Å². The van der Waals surface area contributed by atoms with Crippen LogP contribution in [-0.4, -0.2) is 52.6 Å². The second-order valence-electron chi connectivity index (χ2n) is 7.84.